The fourth-order valence-electron chi connectivity index (χ4n) is 0.960. The van der Waals surface area contributed by atoms with Crippen LogP contribution in [0, 0.1) is 0 Å². The van der Waals surface area contributed by atoms with Crippen molar-refractivity contribution in [2.45, 2.75) is 15.7 Å². The predicted molar refractivity (Wildman–Crippen MR) is 56.4 cm³/mol. The standard InChI is InChI=1S/C9H8N2OS2/c12-5-8-9(13-6-11-8)14-7-1-3-10-4-2-7/h1-4,6,12H,5H2. The van der Waals surface area contributed by atoms with Crippen molar-refractivity contribution in [2.75, 3.05) is 0 Å². The van der Waals surface area contributed by atoms with Crippen LogP contribution in [0.1, 0.15) is 5.69 Å². The van der Waals surface area contributed by atoms with Crippen molar-refractivity contribution >= 4 is 23.1 Å². The highest BCUT2D eigenvalue weighted by Crippen LogP contribution is 2.32. The predicted octanol–water partition coefficient (Wildman–Crippen LogP) is 2.18. The number of pyridine rings is 1. The van der Waals surface area contributed by atoms with E-state index in [1.807, 2.05) is 12.1 Å². The van der Waals surface area contributed by atoms with Crippen LogP contribution in [0.25, 0.3) is 0 Å². The van der Waals surface area contributed by atoms with E-state index in [0.717, 1.165) is 14.8 Å². The van der Waals surface area contributed by atoms with E-state index in [2.05, 4.69) is 9.97 Å². The molecule has 0 amide bonds. The minimum atomic E-state index is -0.00306. The van der Waals surface area contributed by atoms with Crippen LogP contribution in [0.2, 0.25) is 0 Å². The summed E-state index contributed by atoms with van der Waals surface area (Å²) in [5.74, 6) is 0. The Bertz CT molecular complexity index is 402. The van der Waals surface area contributed by atoms with Crippen LogP contribution in [0.4, 0.5) is 0 Å². The molecule has 0 saturated carbocycles. The van der Waals surface area contributed by atoms with Gasteiger partial charge in [0.1, 0.15) is 0 Å². The van der Waals surface area contributed by atoms with Crippen LogP contribution in [0.5, 0.6) is 0 Å². The number of aromatic nitrogens is 2. The Labute approximate surface area is 89.9 Å². The molecule has 0 unspecified atom stereocenters. The van der Waals surface area contributed by atoms with Gasteiger partial charge in [-0.15, -0.1) is 11.3 Å². The molecular weight excluding hydrogens is 216 g/mol. The first-order valence-corrected chi connectivity index (χ1v) is 5.71. The van der Waals surface area contributed by atoms with Gasteiger partial charge in [0.15, 0.2) is 0 Å². The number of aliphatic hydroxyl groups is 1. The van der Waals surface area contributed by atoms with E-state index in [-0.39, 0.29) is 6.61 Å². The summed E-state index contributed by atoms with van der Waals surface area (Å²) < 4.78 is 1.04. The summed E-state index contributed by atoms with van der Waals surface area (Å²) in [6.07, 6.45) is 3.50. The lowest BCUT2D eigenvalue weighted by molar-refractivity contribution is 0.275. The summed E-state index contributed by atoms with van der Waals surface area (Å²) in [7, 11) is 0. The van der Waals surface area contributed by atoms with Gasteiger partial charge in [0, 0.05) is 17.3 Å². The minimum Gasteiger partial charge on any atom is -0.390 e. The lowest BCUT2D eigenvalue weighted by Gasteiger charge is -1.98. The van der Waals surface area contributed by atoms with Gasteiger partial charge in [-0.05, 0) is 12.1 Å². The van der Waals surface area contributed by atoms with E-state index >= 15 is 0 Å². The lowest BCUT2D eigenvalue weighted by Crippen LogP contribution is -1.83. The summed E-state index contributed by atoms with van der Waals surface area (Å²) in [6.45, 7) is -0.00306. The Morgan fingerprint density at radius 1 is 1.36 bits per heavy atom. The van der Waals surface area contributed by atoms with Gasteiger partial charge in [-0.2, -0.15) is 0 Å². The zero-order valence-electron chi connectivity index (χ0n) is 7.25. The van der Waals surface area contributed by atoms with Crippen molar-refractivity contribution in [2.24, 2.45) is 0 Å². The van der Waals surface area contributed by atoms with E-state index in [0.29, 0.717) is 0 Å². The number of nitrogens with zero attached hydrogens (tertiary/aromatic N) is 2. The fraction of sp³-hybridized carbons (Fsp3) is 0.111. The first kappa shape index (κ1) is 9.64. The monoisotopic (exact) mass is 224 g/mol. The topological polar surface area (TPSA) is 46.0 Å². The molecule has 0 radical (unpaired) electrons. The maximum atomic E-state index is 9.00. The molecule has 2 aromatic rings. The van der Waals surface area contributed by atoms with Crippen molar-refractivity contribution in [3.05, 3.63) is 35.7 Å². The second-order valence-electron chi connectivity index (χ2n) is 2.53. The van der Waals surface area contributed by atoms with Crippen LogP contribution in [-0.4, -0.2) is 15.1 Å². The number of thiazole rings is 1. The average Bonchev–Trinajstić information content (AvgIpc) is 2.67. The molecule has 0 spiro atoms. The molecule has 5 heteroatoms. The van der Waals surface area contributed by atoms with Gasteiger partial charge < -0.3 is 5.11 Å². The van der Waals surface area contributed by atoms with E-state index in [1.165, 1.54) is 0 Å². The van der Waals surface area contributed by atoms with Gasteiger partial charge in [-0.3, -0.25) is 4.98 Å². The third-order valence-corrected chi connectivity index (χ3v) is 3.74. The largest absolute Gasteiger partial charge is 0.390 e. The minimum absolute atomic E-state index is 0.00306. The van der Waals surface area contributed by atoms with Gasteiger partial charge in [0.05, 0.1) is 22.0 Å². The SMILES string of the molecule is OCc1ncsc1Sc1ccncc1. The molecule has 2 rings (SSSR count). The van der Waals surface area contributed by atoms with Crippen molar-refractivity contribution in [3.63, 3.8) is 0 Å². The summed E-state index contributed by atoms with van der Waals surface area (Å²) in [6, 6.07) is 3.87. The van der Waals surface area contributed by atoms with Crippen LogP contribution >= 0.6 is 23.1 Å². The molecule has 3 nitrogen and oxygen atoms in total. The average molecular weight is 224 g/mol. The first-order chi connectivity index (χ1) is 6.90. The van der Waals surface area contributed by atoms with Gasteiger partial charge in [-0.25, -0.2) is 4.98 Å². The molecule has 0 aromatic carbocycles. The molecule has 2 heterocycles. The molecule has 0 aliphatic rings. The smallest absolute Gasteiger partial charge is 0.0907 e. The van der Waals surface area contributed by atoms with Crippen molar-refractivity contribution < 1.29 is 5.11 Å². The molecule has 1 N–H and O–H groups in total. The summed E-state index contributed by atoms with van der Waals surface area (Å²) in [5, 5.41) is 9.00. The van der Waals surface area contributed by atoms with Crippen LogP contribution in [-0.2, 0) is 6.61 Å². The number of hydrogen-bond acceptors (Lipinski definition) is 5. The molecule has 0 saturated heterocycles. The quantitative estimate of drug-likeness (QED) is 0.868. The molecule has 2 aromatic heterocycles. The fourth-order valence-corrected chi connectivity index (χ4v) is 2.81. The van der Waals surface area contributed by atoms with Crippen LogP contribution in [0.15, 0.2) is 39.1 Å². The van der Waals surface area contributed by atoms with E-state index < -0.39 is 0 Å². The van der Waals surface area contributed by atoms with Crippen molar-refractivity contribution in [1.82, 2.24) is 9.97 Å². The molecule has 14 heavy (non-hydrogen) atoms. The first-order valence-electron chi connectivity index (χ1n) is 4.01. The molecule has 0 aliphatic heterocycles. The number of aliphatic hydroxyl groups excluding tert-OH is 1. The Morgan fingerprint density at radius 3 is 2.86 bits per heavy atom. The number of hydrogen-bond donors (Lipinski definition) is 1. The lowest BCUT2D eigenvalue weighted by atomic mass is 10.5. The molecule has 0 fully saturated rings. The zero-order valence-corrected chi connectivity index (χ0v) is 8.88. The maximum Gasteiger partial charge on any atom is 0.0907 e. The van der Waals surface area contributed by atoms with E-state index in [9.17, 15) is 0 Å². The van der Waals surface area contributed by atoms with E-state index in [4.69, 9.17) is 5.11 Å². The van der Waals surface area contributed by atoms with E-state index in [1.54, 1.807) is 41.0 Å². The van der Waals surface area contributed by atoms with Gasteiger partial charge in [0.2, 0.25) is 0 Å². The summed E-state index contributed by atoms with van der Waals surface area (Å²) >= 11 is 3.14. The highest BCUT2D eigenvalue weighted by Gasteiger charge is 2.06. The Balaban J connectivity index is 2.19. The van der Waals surface area contributed by atoms with Crippen LogP contribution < -0.4 is 0 Å². The maximum absolute atomic E-state index is 9.00. The third kappa shape index (κ3) is 2.12. The van der Waals surface area contributed by atoms with Gasteiger partial charge in [-0.1, -0.05) is 11.8 Å². The highest BCUT2D eigenvalue weighted by atomic mass is 32.2. The van der Waals surface area contributed by atoms with Crippen LogP contribution in [0.3, 0.4) is 0 Å². The Hall–Kier alpha value is -0.910. The summed E-state index contributed by atoms with van der Waals surface area (Å²) in [4.78, 5) is 9.12. The zero-order chi connectivity index (χ0) is 9.80. The second kappa shape index (κ2) is 4.54. The van der Waals surface area contributed by atoms with Crippen molar-refractivity contribution in [1.29, 1.82) is 0 Å². The Morgan fingerprint density at radius 2 is 2.14 bits per heavy atom. The summed E-state index contributed by atoms with van der Waals surface area (Å²) in [5.41, 5.74) is 2.49. The Kier molecular flexibility index (Phi) is 3.13. The van der Waals surface area contributed by atoms with Crippen molar-refractivity contribution in [3.8, 4) is 0 Å². The van der Waals surface area contributed by atoms with Gasteiger partial charge >= 0.3 is 0 Å². The second-order valence-corrected chi connectivity index (χ2v) is 4.73. The highest BCUT2D eigenvalue weighted by molar-refractivity contribution is 8.01. The van der Waals surface area contributed by atoms with Gasteiger partial charge in [0.25, 0.3) is 0 Å². The molecular formula is C9H8N2OS2. The molecule has 0 aliphatic carbocycles. The molecule has 0 atom stereocenters. The number of rotatable bonds is 3. The third-order valence-electron chi connectivity index (χ3n) is 1.61. The molecule has 0 bridgehead atoms. The normalized spacial score (nSPS) is 10.4. The molecule has 72 valence electrons.